The van der Waals surface area contributed by atoms with Crippen LogP contribution in [0.1, 0.15) is 66.2 Å². The maximum absolute atomic E-state index is 10.5. The van der Waals surface area contributed by atoms with Gasteiger partial charge in [0.1, 0.15) is 6.61 Å². The molecular formula is C16H23NO6. The van der Waals surface area contributed by atoms with Gasteiger partial charge in [-0.05, 0) is 25.0 Å². The fourth-order valence-corrected chi connectivity index (χ4v) is 1.84. The van der Waals surface area contributed by atoms with E-state index in [-0.39, 0.29) is 11.1 Å². The molecule has 0 amide bonds. The molecule has 0 aliphatic heterocycles. The van der Waals surface area contributed by atoms with E-state index < -0.39 is 11.9 Å². The van der Waals surface area contributed by atoms with Gasteiger partial charge < -0.3 is 15.1 Å². The molecule has 0 aliphatic rings. The van der Waals surface area contributed by atoms with Gasteiger partial charge in [-0.15, -0.1) is 4.91 Å². The summed E-state index contributed by atoms with van der Waals surface area (Å²) in [6, 6.07) is 5.48. The first-order valence-electron chi connectivity index (χ1n) is 7.54. The number of carboxylic acids is 2. The zero-order valence-corrected chi connectivity index (χ0v) is 13.2. The maximum atomic E-state index is 10.5. The highest BCUT2D eigenvalue weighted by atomic mass is 16.7. The summed E-state index contributed by atoms with van der Waals surface area (Å²) in [6.45, 7) is 2.68. The first-order chi connectivity index (χ1) is 11.0. The molecule has 0 saturated carbocycles. The van der Waals surface area contributed by atoms with Crippen LogP contribution in [0, 0.1) is 4.91 Å². The number of benzene rings is 1. The predicted molar refractivity (Wildman–Crippen MR) is 85.5 cm³/mol. The lowest BCUT2D eigenvalue weighted by atomic mass is 10.1. The normalized spacial score (nSPS) is 9.43. The summed E-state index contributed by atoms with van der Waals surface area (Å²) < 4.78 is 0. The Morgan fingerprint density at radius 1 is 0.957 bits per heavy atom. The van der Waals surface area contributed by atoms with E-state index in [4.69, 9.17) is 10.2 Å². The zero-order chi connectivity index (χ0) is 17.5. The van der Waals surface area contributed by atoms with Crippen molar-refractivity contribution >= 4 is 11.9 Å². The number of aromatic carboxylic acids is 2. The van der Waals surface area contributed by atoms with Crippen molar-refractivity contribution in [3.05, 3.63) is 40.3 Å². The number of carbonyl (C=O) groups is 2. The quantitative estimate of drug-likeness (QED) is 0.380. The monoisotopic (exact) mass is 325 g/mol. The number of rotatable bonds is 10. The number of hydrogen-bond acceptors (Lipinski definition) is 5. The van der Waals surface area contributed by atoms with Crippen LogP contribution in [0.25, 0.3) is 0 Å². The first kappa shape index (κ1) is 20.6. The summed E-state index contributed by atoms with van der Waals surface area (Å²) >= 11 is 0. The van der Waals surface area contributed by atoms with Crippen LogP contribution in [0.15, 0.2) is 29.6 Å². The zero-order valence-electron chi connectivity index (χ0n) is 13.2. The Kier molecular flexibility index (Phi) is 11.8. The van der Waals surface area contributed by atoms with Crippen LogP contribution >= 0.6 is 0 Å². The van der Waals surface area contributed by atoms with Crippen LogP contribution in [0.2, 0.25) is 0 Å². The molecule has 1 rings (SSSR count). The van der Waals surface area contributed by atoms with E-state index in [0.717, 1.165) is 12.8 Å². The lowest BCUT2D eigenvalue weighted by Gasteiger charge is -1.98. The molecule has 0 radical (unpaired) electrons. The van der Waals surface area contributed by atoms with Gasteiger partial charge in [-0.1, -0.05) is 44.7 Å². The highest BCUT2D eigenvalue weighted by Crippen LogP contribution is 2.08. The lowest BCUT2D eigenvalue weighted by molar-refractivity contribution is 0.0651. The Labute approximate surface area is 135 Å². The van der Waals surface area contributed by atoms with E-state index in [0.29, 0.717) is 6.61 Å². The van der Waals surface area contributed by atoms with Crippen molar-refractivity contribution in [3.8, 4) is 0 Å². The molecule has 0 atom stereocenters. The summed E-state index contributed by atoms with van der Waals surface area (Å²) in [5.74, 6) is -2.46. The second-order valence-corrected chi connectivity index (χ2v) is 4.83. The van der Waals surface area contributed by atoms with Crippen molar-refractivity contribution in [1.29, 1.82) is 0 Å². The fourth-order valence-electron chi connectivity index (χ4n) is 1.84. The van der Waals surface area contributed by atoms with E-state index in [1.807, 2.05) is 0 Å². The number of carboxylic acid groups (broad SMARTS) is 2. The van der Waals surface area contributed by atoms with Gasteiger partial charge in [0, 0.05) is 0 Å². The second-order valence-electron chi connectivity index (χ2n) is 4.83. The Bertz CT molecular complexity index is 456. The number of hydrogen-bond donors (Lipinski definition) is 2. The molecule has 0 bridgehead atoms. The smallest absolute Gasteiger partial charge is 0.336 e. The molecule has 128 valence electrons. The minimum Gasteiger partial charge on any atom is -0.478 e. The van der Waals surface area contributed by atoms with Gasteiger partial charge in [0.05, 0.1) is 11.1 Å². The molecule has 0 aliphatic carbocycles. The predicted octanol–water partition coefficient (Wildman–Crippen LogP) is 4.13. The van der Waals surface area contributed by atoms with Crippen molar-refractivity contribution in [2.75, 3.05) is 6.61 Å². The van der Waals surface area contributed by atoms with Crippen LogP contribution < -0.4 is 0 Å². The Balaban J connectivity index is 0.000000423. The van der Waals surface area contributed by atoms with E-state index >= 15 is 0 Å². The molecule has 2 N–H and O–H groups in total. The number of unbranched alkanes of at least 4 members (excludes halogenated alkanes) is 5. The van der Waals surface area contributed by atoms with Crippen LogP contribution in [0.5, 0.6) is 0 Å². The summed E-state index contributed by atoms with van der Waals surface area (Å²) in [5, 5.41) is 19.4. The molecular weight excluding hydrogens is 302 g/mol. The van der Waals surface area contributed by atoms with Crippen LogP contribution in [0.4, 0.5) is 0 Å². The largest absolute Gasteiger partial charge is 0.478 e. The summed E-state index contributed by atoms with van der Waals surface area (Å²) in [5.41, 5.74) is -0.380. The topological polar surface area (TPSA) is 113 Å². The van der Waals surface area contributed by atoms with Gasteiger partial charge >= 0.3 is 11.9 Å². The molecule has 0 spiro atoms. The van der Waals surface area contributed by atoms with Gasteiger partial charge in [0.25, 0.3) is 0 Å². The van der Waals surface area contributed by atoms with Crippen molar-refractivity contribution in [2.24, 2.45) is 5.34 Å². The van der Waals surface area contributed by atoms with Gasteiger partial charge in [-0.25, -0.2) is 9.59 Å². The average molecular weight is 325 g/mol. The Hall–Kier alpha value is -2.44. The van der Waals surface area contributed by atoms with Crippen molar-refractivity contribution in [3.63, 3.8) is 0 Å². The molecule has 1 aromatic carbocycles. The second kappa shape index (κ2) is 13.2. The highest BCUT2D eigenvalue weighted by molar-refractivity contribution is 6.01. The third-order valence-electron chi connectivity index (χ3n) is 3.03. The van der Waals surface area contributed by atoms with Gasteiger partial charge in [-0.3, -0.25) is 0 Å². The summed E-state index contributed by atoms with van der Waals surface area (Å²) in [6.07, 6.45) is 7.23. The van der Waals surface area contributed by atoms with E-state index in [1.165, 1.54) is 49.9 Å². The minimum absolute atomic E-state index is 0.190. The SMILES string of the molecule is CCCCCCCCON=O.O=C(O)c1ccccc1C(=O)O. The van der Waals surface area contributed by atoms with Crippen LogP contribution in [0.3, 0.4) is 0 Å². The highest BCUT2D eigenvalue weighted by Gasteiger charge is 2.13. The molecule has 23 heavy (non-hydrogen) atoms. The van der Waals surface area contributed by atoms with Crippen molar-refractivity contribution < 1.29 is 24.6 Å². The molecule has 0 heterocycles. The standard InChI is InChI=1S/C8H17NO2.C8H6O4/c1-2-3-4-5-6-7-8-11-9-10;9-7(10)5-3-1-2-4-6(5)8(11)12/h2-8H2,1H3;1-4H,(H,9,10)(H,11,12). The molecule has 0 fully saturated rings. The Morgan fingerprint density at radius 3 is 1.87 bits per heavy atom. The molecule has 0 unspecified atom stereocenters. The van der Waals surface area contributed by atoms with E-state index in [1.54, 1.807) is 0 Å². The van der Waals surface area contributed by atoms with Crippen LogP contribution in [-0.4, -0.2) is 28.8 Å². The summed E-state index contributed by atoms with van der Waals surface area (Å²) in [7, 11) is 0. The van der Waals surface area contributed by atoms with Crippen molar-refractivity contribution in [1.82, 2.24) is 0 Å². The summed E-state index contributed by atoms with van der Waals surface area (Å²) in [4.78, 5) is 34.7. The molecule has 7 nitrogen and oxygen atoms in total. The molecule has 7 heteroatoms. The van der Waals surface area contributed by atoms with Crippen LogP contribution in [-0.2, 0) is 4.84 Å². The van der Waals surface area contributed by atoms with Gasteiger partial charge in [0.2, 0.25) is 0 Å². The minimum atomic E-state index is -1.23. The number of nitrogens with zero attached hydrogens (tertiary/aromatic N) is 1. The lowest BCUT2D eigenvalue weighted by Crippen LogP contribution is -2.06. The molecule has 0 aromatic heterocycles. The van der Waals surface area contributed by atoms with Gasteiger partial charge in [-0.2, -0.15) is 0 Å². The fraction of sp³-hybridized carbons (Fsp3) is 0.500. The third-order valence-corrected chi connectivity index (χ3v) is 3.03. The van der Waals surface area contributed by atoms with E-state index in [9.17, 15) is 14.5 Å². The van der Waals surface area contributed by atoms with Crippen molar-refractivity contribution in [2.45, 2.75) is 45.4 Å². The maximum Gasteiger partial charge on any atom is 0.336 e. The van der Waals surface area contributed by atoms with E-state index in [2.05, 4.69) is 17.1 Å². The first-order valence-corrected chi connectivity index (χ1v) is 7.54. The Morgan fingerprint density at radius 2 is 1.43 bits per heavy atom. The molecule has 1 aromatic rings. The average Bonchev–Trinajstić information content (AvgIpc) is 2.54. The third kappa shape index (κ3) is 10.00. The molecule has 0 saturated heterocycles. The van der Waals surface area contributed by atoms with Gasteiger partial charge in [0.15, 0.2) is 5.34 Å².